The summed E-state index contributed by atoms with van der Waals surface area (Å²) in [6, 6.07) is 0.537. The monoisotopic (exact) mass is 295 g/mol. The van der Waals surface area contributed by atoms with Crippen LogP contribution >= 0.6 is 0 Å². The summed E-state index contributed by atoms with van der Waals surface area (Å²) in [5, 5.41) is 3.77. The summed E-state index contributed by atoms with van der Waals surface area (Å²) in [7, 11) is 1.75. The quantitative estimate of drug-likeness (QED) is 0.746. The molecule has 3 heteroatoms. The Morgan fingerprint density at radius 1 is 1.05 bits per heavy atom. The number of likely N-dealkylation sites (N-methyl/N-ethyl adjacent to an activating group) is 1. The van der Waals surface area contributed by atoms with Crippen molar-refractivity contribution < 1.29 is 9.47 Å². The van der Waals surface area contributed by atoms with E-state index in [1.807, 2.05) is 0 Å². The molecule has 0 aromatic heterocycles. The first-order chi connectivity index (χ1) is 10.1. The fraction of sp³-hybridized carbons (Fsp3) is 1.00. The second-order valence-corrected chi connectivity index (χ2v) is 7.99. The summed E-state index contributed by atoms with van der Waals surface area (Å²) < 4.78 is 11.3. The molecule has 4 aliphatic carbocycles. The average Bonchev–Trinajstić information content (AvgIpc) is 2.42. The predicted molar refractivity (Wildman–Crippen MR) is 85.4 cm³/mol. The molecule has 2 atom stereocenters. The van der Waals surface area contributed by atoms with Gasteiger partial charge in [0, 0.05) is 13.2 Å². The Kier molecular flexibility index (Phi) is 4.92. The molecule has 0 radical (unpaired) electrons. The fourth-order valence-corrected chi connectivity index (χ4v) is 5.85. The van der Waals surface area contributed by atoms with Crippen molar-refractivity contribution in [3.63, 3.8) is 0 Å². The van der Waals surface area contributed by atoms with E-state index in [-0.39, 0.29) is 6.10 Å². The second-order valence-electron chi connectivity index (χ2n) is 7.99. The molecule has 4 rings (SSSR count). The normalized spacial score (nSPS) is 40.4. The van der Waals surface area contributed by atoms with Crippen LogP contribution in [0.2, 0.25) is 0 Å². The van der Waals surface area contributed by atoms with Crippen LogP contribution in [0.15, 0.2) is 0 Å². The maximum absolute atomic E-state index is 6.10. The van der Waals surface area contributed by atoms with Gasteiger partial charge in [0.15, 0.2) is 0 Å². The van der Waals surface area contributed by atoms with E-state index in [0.717, 1.165) is 30.9 Å². The molecule has 4 fully saturated rings. The molecule has 2 unspecified atom stereocenters. The Balaban J connectivity index is 1.65. The molecule has 0 saturated heterocycles. The van der Waals surface area contributed by atoms with Crippen LogP contribution in [0.25, 0.3) is 0 Å². The van der Waals surface area contributed by atoms with Gasteiger partial charge in [-0.1, -0.05) is 6.92 Å². The molecule has 4 saturated carbocycles. The smallest absolute Gasteiger partial charge is 0.0781 e. The SMILES string of the molecule is CCNC(COC(C)COC)C12CC3CC(CC(C3)C1)C2. The molecule has 1 N–H and O–H groups in total. The molecule has 0 aromatic rings. The molecule has 122 valence electrons. The summed E-state index contributed by atoms with van der Waals surface area (Å²) >= 11 is 0. The predicted octanol–water partition coefficient (Wildman–Crippen LogP) is 3.23. The van der Waals surface area contributed by atoms with Crippen LogP contribution < -0.4 is 5.32 Å². The highest BCUT2D eigenvalue weighted by atomic mass is 16.5. The molecule has 4 aliphatic rings. The van der Waals surface area contributed by atoms with E-state index in [1.54, 1.807) is 7.11 Å². The largest absolute Gasteiger partial charge is 0.382 e. The first-order valence-corrected chi connectivity index (χ1v) is 8.99. The van der Waals surface area contributed by atoms with Gasteiger partial charge in [-0.2, -0.15) is 0 Å². The molecule has 0 spiro atoms. The number of hydrogen-bond donors (Lipinski definition) is 1. The van der Waals surface area contributed by atoms with Gasteiger partial charge in [-0.15, -0.1) is 0 Å². The zero-order valence-corrected chi connectivity index (χ0v) is 14.1. The Labute approximate surface area is 130 Å². The van der Waals surface area contributed by atoms with Gasteiger partial charge in [0.25, 0.3) is 0 Å². The van der Waals surface area contributed by atoms with Gasteiger partial charge in [-0.05, 0) is 75.2 Å². The minimum absolute atomic E-state index is 0.199. The molecule has 0 heterocycles. The van der Waals surface area contributed by atoms with Crippen LogP contribution in [0.4, 0.5) is 0 Å². The van der Waals surface area contributed by atoms with E-state index in [2.05, 4.69) is 19.2 Å². The van der Waals surface area contributed by atoms with Gasteiger partial charge >= 0.3 is 0 Å². The van der Waals surface area contributed by atoms with Crippen LogP contribution in [-0.4, -0.2) is 39.0 Å². The van der Waals surface area contributed by atoms with Crippen molar-refractivity contribution in [3.05, 3.63) is 0 Å². The minimum atomic E-state index is 0.199. The van der Waals surface area contributed by atoms with Crippen molar-refractivity contribution in [2.75, 3.05) is 26.9 Å². The number of methoxy groups -OCH3 is 1. The lowest BCUT2D eigenvalue weighted by Gasteiger charge is -2.59. The first kappa shape index (κ1) is 15.8. The molecule has 3 nitrogen and oxygen atoms in total. The number of nitrogens with one attached hydrogen (secondary N) is 1. The maximum atomic E-state index is 6.10. The molecule has 0 amide bonds. The molecule has 4 bridgehead atoms. The van der Waals surface area contributed by atoms with E-state index in [9.17, 15) is 0 Å². The van der Waals surface area contributed by atoms with Gasteiger partial charge < -0.3 is 14.8 Å². The fourth-order valence-electron chi connectivity index (χ4n) is 5.85. The average molecular weight is 295 g/mol. The van der Waals surface area contributed by atoms with Crippen molar-refractivity contribution in [2.45, 2.75) is 64.5 Å². The lowest BCUT2D eigenvalue weighted by Crippen LogP contribution is -2.57. The van der Waals surface area contributed by atoms with Crippen LogP contribution in [0.5, 0.6) is 0 Å². The highest BCUT2D eigenvalue weighted by molar-refractivity contribution is 5.06. The zero-order chi connectivity index (χ0) is 14.9. The van der Waals surface area contributed by atoms with Gasteiger partial charge in [-0.3, -0.25) is 0 Å². The minimum Gasteiger partial charge on any atom is -0.382 e. The summed E-state index contributed by atoms with van der Waals surface area (Å²) in [6.07, 6.45) is 9.07. The third-order valence-electron chi connectivity index (χ3n) is 6.22. The number of rotatable bonds is 8. The summed E-state index contributed by atoms with van der Waals surface area (Å²) in [5.41, 5.74) is 0.525. The molecule has 0 aliphatic heterocycles. The van der Waals surface area contributed by atoms with Gasteiger partial charge in [0.2, 0.25) is 0 Å². The lowest BCUT2D eigenvalue weighted by molar-refractivity contribution is -0.0983. The third-order valence-corrected chi connectivity index (χ3v) is 6.22. The molecular formula is C18H33NO2. The highest BCUT2D eigenvalue weighted by Crippen LogP contribution is 2.61. The molecule has 21 heavy (non-hydrogen) atoms. The van der Waals surface area contributed by atoms with Gasteiger partial charge in [-0.25, -0.2) is 0 Å². The van der Waals surface area contributed by atoms with Crippen molar-refractivity contribution in [1.29, 1.82) is 0 Å². The Morgan fingerprint density at radius 3 is 2.10 bits per heavy atom. The van der Waals surface area contributed by atoms with E-state index >= 15 is 0 Å². The zero-order valence-electron chi connectivity index (χ0n) is 14.1. The Bertz CT molecular complexity index is 309. The van der Waals surface area contributed by atoms with E-state index < -0.39 is 0 Å². The van der Waals surface area contributed by atoms with Gasteiger partial charge in [0.05, 0.1) is 19.3 Å². The van der Waals surface area contributed by atoms with Crippen molar-refractivity contribution in [3.8, 4) is 0 Å². The standard InChI is InChI=1S/C18H33NO2/c1-4-19-17(12-21-13(2)11-20-3)18-8-14-5-15(9-18)7-16(6-14)10-18/h13-17,19H,4-12H2,1-3H3. The summed E-state index contributed by atoms with van der Waals surface area (Å²) in [4.78, 5) is 0. The second kappa shape index (κ2) is 6.55. The lowest BCUT2D eigenvalue weighted by atomic mass is 9.47. The van der Waals surface area contributed by atoms with E-state index in [0.29, 0.717) is 18.1 Å². The topological polar surface area (TPSA) is 30.5 Å². The Hall–Kier alpha value is -0.120. The van der Waals surface area contributed by atoms with Crippen LogP contribution in [0.3, 0.4) is 0 Å². The van der Waals surface area contributed by atoms with Crippen LogP contribution in [0, 0.1) is 23.2 Å². The Morgan fingerprint density at radius 2 is 1.62 bits per heavy atom. The van der Waals surface area contributed by atoms with Crippen molar-refractivity contribution >= 4 is 0 Å². The number of hydrogen-bond acceptors (Lipinski definition) is 3. The summed E-state index contributed by atoms with van der Waals surface area (Å²) in [6.45, 7) is 6.94. The van der Waals surface area contributed by atoms with E-state index in [1.165, 1.54) is 38.5 Å². The molecule has 0 aromatic carbocycles. The molecular weight excluding hydrogens is 262 g/mol. The number of ether oxygens (including phenoxy) is 2. The van der Waals surface area contributed by atoms with E-state index in [4.69, 9.17) is 9.47 Å². The van der Waals surface area contributed by atoms with Crippen LogP contribution in [0.1, 0.15) is 52.4 Å². The first-order valence-electron chi connectivity index (χ1n) is 8.99. The summed E-state index contributed by atoms with van der Waals surface area (Å²) in [5.74, 6) is 3.02. The third kappa shape index (κ3) is 3.30. The van der Waals surface area contributed by atoms with Gasteiger partial charge in [0.1, 0.15) is 0 Å². The van der Waals surface area contributed by atoms with Crippen LogP contribution in [-0.2, 0) is 9.47 Å². The maximum Gasteiger partial charge on any atom is 0.0781 e. The van der Waals surface area contributed by atoms with Crippen molar-refractivity contribution in [2.24, 2.45) is 23.2 Å². The highest BCUT2D eigenvalue weighted by Gasteiger charge is 2.54. The van der Waals surface area contributed by atoms with Crippen molar-refractivity contribution in [1.82, 2.24) is 5.32 Å².